The molecule has 0 bridgehead atoms. The number of hydrogen-bond acceptors (Lipinski definition) is 4. The van der Waals surface area contributed by atoms with Gasteiger partial charge in [-0.15, -0.1) is 0 Å². The monoisotopic (exact) mass is 407 g/mol. The van der Waals surface area contributed by atoms with Crippen molar-refractivity contribution in [2.75, 3.05) is 22.2 Å². The number of amides is 2. The number of para-hydroxylation sites is 1. The second-order valence-electron chi connectivity index (χ2n) is 7.30. The molecule has 7 heteroatoms. The zero-order chi connectivity index (χ0) is 20.7. The molecule has 1 aromatic heterocycles. The van der Waals surface area contributed by atoms with Crippen LogP contribution in [0, 0.1) is 20.8 Å². The highest BCUT2D eigenvalue weighted by atomic mass is 35.5. The SMILES string of the molecule is Cc1ccc(Nc2ncc3c(n2)N(C)C(=O)N(c2c(C)cccc2Cl)C3)cc1C. The Labute approximate surface area is 175 Å². The fourth-order valence-electron chi connectivity index (χ4n) is 3.46. The van der Waals surface area contributed by atoms with Gasteiger partial charge in [0.15, 0.2) is 0 Å². The number of rotatable bonds is 3. The molecular weight excluding hydrogens is 386 g/mol. The Kier molecular flexibility index (Phi) is 4.88. The Balaban J connectivity index is 1.66. The van der Waals surface area contributed by atoms with E-state index in [1.165, 1.54) is 16.0 Å². The van der Waals surface area contributed by atoms with Crippen molar-refractivity contribution in [3.63, 3.8) is 0 Å². The first kappa shape index (κ1) is 19.2. The maximum Gasteiger partial charge on any atom is 0.330 e. The first-order chi connectivity index (χ1) is 13.8. The summed E-state index contributed by atoms with van der Waals surface area (Å²) in [6, 6.07) is 11.5. The fourth-order valence-corrected chi connectivity index (χ4v) is 3.78. The number of anilines is 4. The van der Waals surface area contributed by atoms with Crippen molar-refractivity contribution < 1.29 is 4.79 Å². The lowest BCUT2D eigenvalue weighted by Gasteiger charge is -2.35. The Morgan fingerprint density at radius 1 is 1.07 bits per heavy atom. The third-order valence-electron chi connectivity index (χ3n) is 5.23. The molecule has 4 rings (SSSR count). The number of hydrogen-bond donors (Lipinski definition) is 1. The Bertz CT molecular complexity index is 1090. The van der Waals surface area contributed by atoms with E-state index in [0.29, 0.717) is 29.0 Å². The molecule has 1 aliphatic heterocycles. The number of nitrogens with one attached hydrogen (secondary N) is 1. The van der Waals surface area contributed by atoms with Crippen molar-refractivity contribution in [3.05, 3.63) is 69.9 Å². The van der Waals surface area contributed by atoms with Crippen LogP contribution in [0.4, 0.5) is 27.9 Å². The summed E-state index contributed by atoms with van der Waals surface area (Å²) >= 11 is 6.39. The van der Waals surface area contributed by atoms with Crippen LogP contribution in [0.15, 0.2) is 42.6 Å². The molecule has 2 amide bonds. The highest BCUT2D eigenvalue weighted by Gasteiger charge is 2.32. The van der Waals surface area contributed by atoms with E-state index >= 15 is 0 Å². The summed E-state index contributed by atoms with van der Waals surface area (Å²) in [5, 5.41) is 3.77. The van der Waals surface area contributed by atoms with Crippen molar-refractivity contribution in [2.45, 2.75) is 27.3 Å². The van der Waals surface area contributed by atoms with E-state index in [-0.39, 0.29) is 6.03 Å². The molecule has 0 fully saturated rings. The highest BCUT2D eigenvalue weighted by molar-refractivity contribution is 6.34. The average molecular weight is 408 g/mol. The largest absolute Gasteiger partial charge is 0.330 e. The molecule has 2 aromatic carbocycles. The molecule has 1 N–H and O–H groups in total. The van der Waals surface area contributed by atoms with Gasteiger partial charge in [0.2, 0.25) is 5.95 Å². The molecule has 0 radical (unpaired) electrons. The summed E-state index contributed by atoms with van der Waals surface area (Å²) in [6.07, 6.45) is 1.76. The van der Waals surface area contributed by atoms with E-state index in [0.717, 1.165) is 16.8 Å². The topological polar surface area (TPSA) is 61.4 Å². The maximum absolute atomic E-state index is 13.1. The third kappa shape index (κ3) is 3.51. The van der Waals surface area contributed by atoms with Gasteiger partial charge in [0.1, 0.15) is 5.82 Å². The van der Waals surface area contributed by atoms with Gasteiger partial charge in [0.05, 0.1) is 17.3 Å². The Morgan fingerprint density at radius 3 is 2.59 bits per heavy atom. The summed E-state index contributed by atoms with van der Waals surface area (Å²) in [5.74, 6) is 1.05. The van der Waals surface area contributed by atoms with Gasteiger partial charge in [-0.3, -0.25) is 9.80 Å². The minimum absolute atomic E-state index is 0.176. The number of benzene rings is 2. The molecule has 6 nitrogen and oxygen atoms in total. The number of carbonyl (C=O) groups is 1. The van der Waals surface area contributed by atoms with E-state index in [2.05, 4.69) is 41.3 Å². The molecule has 0 spiro atoms. The summed E-state index contributed by atoms with van der Waals surface area (Å²) in [4.78, 5) is 25.3. The van der Waals surface area contributed by atoms with Crippen molar-refractivity contribution in [3.8, 4) is 0 Å². The second-order valence-corrected chi connectivity index (χ2v) is 7.71. The normalized spacial score (nSPS) is 13.5. The minimum atomic E-state index is -0.176. The van der Waals surface area contributed by atoms with Gasteiger partial charge in [-0.05, 0) is 55.7 Å². The van der Waals surface area contributed by atoms with E-state index in [1.54, 1.807) is 24.2 Å². The van der Waals surface area contributed by atoms with Gasteiger partial charge in [0.25, 0.3) is 0 Å². The van der Waals surface area contributed by atoms with Gasteiger partial charge in [-0.2, -0.15) is 4.98 Å². The summed E-state index contributed by atoms with van der Waals surface area (Å²) in [6.45, 7) is 6.44. The van der Waals surface area contributed by atoms with Gasteiger partial charge in [0, 0.05) is 24.5 Å². The Hall–Kier alpha value is -3.12. The molecule has 29 heavy (non-hydrogen) atoms. The lowest BCUT2D eigenvalue weighted by Crippen LogP contribution is -2.46. The van der Waals surface area contributed by atoms with Crippen LogP contribution in [0.2, 0.25) is 5.02 Å². The highest BCUT2D eigenvalue weighted by Crippen LogP contribution is 2.36. The number of urea groups is 1. The molecule has 148 valence electrons. The van der Waals surface area contributed by atoms with Crippen molar-refractivity contribution in [1.82, 2.24) is 9.97 Å². The third-order valence-corrected chi connectivity index (χ3v) is 5.53. The molecule has 1 aliphatic rings. The summed E-state index contributed by atoms with van der Waals surface area (Å²) in [7, 11) is 1.71. The van der Waals surface area contributed by atoms with Gasteiger partial charge < -0.3 is 5.32 Å². The van der Waals surface area contributed by atoms with Crippen LogP contribution >= 0.6 is 11.6 Å². The first-order valence-corrected chi connectivity index (χ1v) is 9.73. The predicted molar refractivity (Wildman–Crippen MR) is 117 cm³/mol. The van der Waals surface area contributed by atoms with Crippen LogP contribution in [-0.4, -0.2) is 23.0 Å². The smallest absolute Gasteiger partial charge is 0.324 e. The number of halogens is 1. The number of fused-ring (bicyclic) bond motifs is 1. The lowest BCUT2D eigenvalue weighted by atomic mass is 10.1. The van der Waals surface area contributed by atoms with Crippen LogP contribution in [-0.2, 0) is 6.54 Å². The van der Waals surface area contributed by atoms with Crippen LogP contribution in [0.25, 0.3) is 0 Å². The maximum atomic E-state index is 13.1. The second kappa shape index (κ2) is 7.37. The van der Waals surface area contributed by atoms with Gasteiger partial charge in [-0.1, -0.05) is 29.8 Å². The molecule has 0 atom stereocenters. The number of aryl methyl sites for hydroxylation is 3. The lowest BCUT2D eigenvalue weighted by molar-refractivity contribution is 0.251. The van der Waals surface area contributed by atoms with Crippen molar-refractivity contribution >= 4 is 40.8 Å². The number of aromatic nitrogens is 2. The molecule has 0 saturated heterocycles. The van der Waals surface area contributed by atoms with Crippen LogP contribution in [0.5, 0.6) is 0 Å². The zero-order valence-corrected chi connectivity index (χ0v) is 17.6. The summed E-state index contributed by atoms with van der Waals surface area (Å²) in [5.41, 5.74) is 5.84. The van der Waals surface area contributed by atoms with E-state index in [4.69, 9.17) is 11.6 Å². The first-order valence-electron chi connectivity index (χ1n) is 9.35. The average Bonchev–Trinajstić information content (AvgIpc) is 2.69. The van der Waals surface area contributed by atoms with Crippen LogP contribution in [0.3, 0.4) is 0 Å². The molecular formula is C22H22ClN5O. The van der Waals surface area contributed by atoms with E-state index in [9.17, 15) is 4.79 Å². The van der Waals surface area contributed by atoms with Crippen molar-refractivity contribution in [2.24, 2.45) is 0 Å². The molecule has 0 unspecified atom stereocenters. The van der Waals surface area contributed by atoms with E-state index < -0.39 is 0 Å². The molecule has 3 aromatic rings. The quantitative estimate of drug-likeness (QED) is 0.633. The molecule has 2 heterocycles. The van der Waals surface area contributed by atoms with Gasteiger partial charge >= 0.3 is 6.03 Å². The van der Waals surface area contributed by atoms with Gasteiger partial charge in [-0.25, -0.2) is 9.78 Å². The Morgan fingerprint density at radius 2 is 1.86 bits per heavy atom. The fraction of sp³-hybridized carbons (Fsp3) is 0.227. The zero-order valence-electron chi connectivity index (χ0n) is 16.8. The van der Waals surface area contributed by atoms with Crippen LogP contribution in [0.1, 0.15) is 22.3 Å². The van der Waals surface area contributed by atoms with E-state index in [1.807, 2.05) is 25.1 Å². The van der Waals surface area contributed by atoms with Crippen molar-refractivity contribution in [1.29, 1.82) is 0 Å². The number of carbonyl (C=O) groups excluding carboxylic acids is 1. The predicted octanol–water partition coefficient (Wildman–Crippen LogP) is 5.38. The standard InChI is InChI=1S/C22H22ClN5O/c1-13-8-9-17(10-15(13)3)25-21-24-11-16-12-28(22(29)27(4)20(16)26-21)19-14(2)6-5-7-18(19)23/h5-11H,12H2,1-4H3,(H,24,25,26). The summed E-state index contributed by atoms with van der Waals surface area (Å²) < 4.78 is 0. The molecule has 0 saturated carbocycles. The van der Waals surface area contributed by atoms with Crippen LogP contribution < -0.4 is 15.1 Å². The number of nitrogens with zero attached hydrogens (tertiary/aromatic N) is 4. The molecule has 0 aliphatic carbocycles. The minimum Gasteiger partial charge on any atom is -0.324 e.